The number of hydrogen-bond donors (Lipinski definition) is 1. The second-order valence-corrected chi connectivity index (χ2v) is 5.58. The normalized spacial score (nSPS) is 10.5. The summed E-state index contributed by atoms with van der Waals surface area (Å²) in [5.41, 5.74) is 2.77. The van der Waals surface area contributed by atoms with Gasteiger partial charge in [0.15, 0.2) is 5.76 Å². The lowest BCUT2D eigenvalue weighted by atomic mass is 10.1. The molecule has 2 aromatic heterocycles. The van der Waals surface area contributed by atoms with E-state index < -0.39 is 0 Å². The summed E-state index contributed by atoms with van der Waals surface area (Å²) in [4.78, 5) is 16.1. The van der Waals surface area contributed by atoms with Gasteiger partial charge in [-0.25, -0.2) is 0 Å². The average molecular weight is 327 g/mol. The number of benzene rings is 1. The maximum absolute atomic E-state index is 12.1. The summed E-state index contributed by atoms with van der Waals surface area (Å²) in [6.07, 6.45) is 3.40. The van der Waals surface area contributed by atoms with Crippen molar-refractivity contribution in [1.82, 2.24) is 10.3 Å². The smallest absolute Gasteiger partial charge is 0.287 e. The van der Waals surface area contributed by atoms with Gasteiger partial charge in [-0.3, -0.25) is 9.78 Å². The Labute approximate surface area is 139 Å². The van der Waals surface area contributed by atoms with Crippen LogP contribution in [0.1, 0.15) is 21.7 Å². The molecule has 0 radical (unpaired) electrons. The van der Waals surface area contributed by atoms with Crippen LogP contribution in [0.25, 0.3) is 11.3 Å². The molecule has 4 nitrogen and oxygen atoms in total. The van der Waals surface area contributed by atoms with Gasteiger partial charge in [-0.05, 0) is 42.3 Å². The molecule has 0 aliphatic carbocycles. The van der Waals surface area contributed by atoms with E-state index in [1.54, 1.807) is 24.5 Å². The highest BCUT2D eigenvalue weighted by molar-refractivity contribution is 6.31. The molecule has 2 heterocycles. The SMILES string of the molecule is Cc1ccc(-c2ccc(C(=O)NCc3cccnc3)o2)cc1Cl. The van der Waals surface area contributed by atoms with Gasteiger partial charge in [0.2, 0.25) is 0 Å². The number of rotatable bonds is 4. The Morgan fingerprint density at radius 3 is 2.87 bits per heavy atom. The zero-order valence-corrected chi connectivity index (χ0v) is 13.3. The molecule has 5 heteroatoms. The minimum atomic E-state index is -0.265. The minimum Gasteiger partial charge on any atom is -0.451 e. The number of pyridine rings is 1. The van der Waals surface area contributed by atoms with E-state index >= 15 is 0 Å². The first-order valence-corrected chi connectivity index (χ1v) is 7.55. The summed E-state index contributed by atoms with van der Waals surface area (Å²) in [6, 6.07) is 12.8. The van der Waals surface area contributed by atoms with E-state index in [-0.39, 0.29) is 11.7 Å². The molecule has 1 N–H and O–H groups in total. The van der Waals surface area contributed by atoms with E-state index in [4.69, 9.17) is 16.0 Å². The van der Waals surface area contributed by atoms with Crippen LogP contribution in [0.15, 0.2) is 59.3 Å². The number of carbonyl (C=O) groups excluding carboxylic acids is 1. The van der Waals surface area contributed by atoms with E-state index in [0.29, 0.717) is 17.3 Å². The topological polar surface area (TPSA) is 55.1 Å². The van der Waals surface area contributed by atoms with Gasteiger partial charge in [-0.2, -0.15) is 0 Å². The molecular formula is C18H15ClN2O2. The Hall–Kier alpha value is -2.59. The number of aromatic nitrogens is 1. The van der Waals surface area contributed by atoms with Gasteiger partial charge in [-0.15, -0.1) is 0 Å². The van der Waals surface area contributed by atoms with Crippen molar-refractivity contribution in [3.63, 3.8) is 0 Å². The third-order valence-corrected chi connectivity index (χ3v) is 3.87. The summed E-state index contributed by atoms with van der Waals surface area (Å²) in [5.74, 6) is 0.609. The molecule has 0 atom stereocenters. The van der Waals surface area contributed by atoms with Gasteiger partial charge < -0.3 is 9.73 Å². The first-order chi connectivity index (χ1) is 11.1. The first-order valence-electron chi connectivity index (χ1n) is 7.17. The van der Waals surface area contributed by atoms with Crippen molar-refractivity contribution in [3.05, 3.63) is 76.8 Å². The summed E-state index contributed by atoms with van der Waals surface area (Å²) < 4.78 is 5.63. The van der Waals surface area contributed by atoms with Crippen molar-refractivity contribution in [2.45, 2.75) is 13.5 Å². The fourth-order valence-corrected chi connectivity index (χ4v) is 2.31. The van der Waals surface area contributed by atoms with Gasteiger partial charge in [0.05, 0.1) is 0 Å². The molecule has 0 aliphatic rings. The lowest BCUT2D eigenvalue weighted by Gasteiger charge is -2.03. The van der Waals surface area contributed by atoms with Crippen molar-refractivity contribution in [3.8, 4) is 11.3 Å². The Balaban J connectivity index is 1.71. The summed E-state index contributed by atoms with van der Waals surface area (Å²) in [7, 11) is 0. The molecule has 1 amide bonds. The van der Waals surface area contributed by atoms with Crippen LogP contribution < -0.4 is 5.32 Å². The third-order valence-electron chi connectivity index (χ3n) is 3.46. The summed E-state index contributed by atoms with van der Waals surface area (Å²) in [5, 5.41) is 3.47. The minimum absolute atomic E-state index is 0.264. The lowest BCUT2D eigenvalue weighted by Crippen LogP contribution is -2.22. The van der Waals surface area contributed by atoms with Crippen molar-refractivity contribution in [2.75, 3.05) is 0 Å². The molecule has 3 aromatic rings. The zero-order valence-electron chi connectivity index (χ0n) is 12.5. The van der Waals surface area contributed by atoms with Crippen LogP contribution in [0.3, 0.4) is 0 Å². The van der Waals surface area contributed by atoms with E-state index in [0.717, 1.165) is 16.7 Å². The first kappa shape index (κ1) is 15.3. The lowest BCUT2D eigenvalue weighted by molar-refractivity contribution is 0.0924. The van der Waals surface area contributed by atoms with E-state index in [1.165, 1.54) is 0 Å². The maximum atomic E-state index is 12.1. The molecule has 0 saturated carbocycles. The van der Waals surface area contributed by atoms with Gasteiger partial charge in [0, 0.05) is 29.5 Å². The standard InChI is InChI=1S/C18H15ClN2O2/c1-12-4-5-14(9-15(12)19)16-6-7-17(23-16)18(22)21-11-13-3-2-8-20-10-13/h2-10H,11H2,1H3,(H,21,22). The zero-order chi connectivity index (χ0) is 16.2. The highest BCUT2D eigenvalue weighted by Gasteiger charge is 2.12. The van der Waals surface area contributed by atoms with Crippen molar-refractivity contribution in [2.24, 2.45) is 0 Å². The van der Waals surface area contributed by atoms with E-state index in [9.17, 15) is 4.79 Å². The number of aryl methyl sites for hydroxylation is 1. The van der Waals surface area contributed by atoms with Crippen LogP contribution in [0.2, 0.25) is 5.02 Å². The Morgan fingerprint density at radius 2 is 2.13 bits per heavy atom. The average Bonchev–Trinajstić information content (AvgIpc) is 3.06. The monoisotopic (exact) mass is 326 g/mol. The molecule has 3 rings (SSSR count). The van der Waals surface area contributed by atoms with Crippen molar-refractivity contribution < 1.29 is 9.21 Å². The van der Waals surface area contributed by atoms with Crippen molar-refractivity contribution in [1.29, 1.82) is 0 Å². The molecule has 0 spiro atoms. The van der Waals surface area contributed by atoms with Crippen LogP contribution in [0.5, 0.6) is 0 Å². The van der Waals surface area contributed by atoms with Gasteiger partial charge in [0.1, 0.15) is 5.76 Å². The van der Waals surface area contributed by atoms with Crippen LogP contribution in [0.4, 0.5) is 0 Å². The van der Waals surface area contributed by atoms with Crippen molar-refractivity contribution >= 4 is 17.5 Å². The number of nitrogens with zero attached hydrogens (tertiary/aromatic N) is 1. The van der Waals surface area contributed by atoms with Gasteiger partial charge >= 0.3 is 0 Å². The molecule has 1 aromatic carbocycles. The molecule has 0 bridgehead atoms. The third kappa shape index (κ3) is 3.60. The largest absolute Gasteiger partial charge is 0.451 e. The van der Waals surface area contributed by atoms with Crippen LogP contribution in [0, 0.1) is 6.92 Å². The predicted molar refractivity (Wildman–Crippen MR) is 89.3 cm³/mol. The Morgan fingerprint density at radius 1 is 1.26 bits per heavy atom. The second kappa shape index (κ2) is 6.67. The molecule has 0 fully saturated rings. The predicted octanol–water partition coefficient (Wildman–Crippen LogP) is 4.23. The molecule has 0 unspecified atom stereocenters. The summed E-state index contributed by atoms with van der Waals surface area (Å²) >= 11 is 6.12. The van der Waals surface area contributed by atoms with Crippen LogP contribution >= 0.6 is 11.6 Å². The maximum Gasteiger partial charge on any atom is 0.287 e. The van der Waals surface area contributed by atoms with E-state index in [1.807, 2.05) is 37.3 Å². The molecular weight excluding hydrogens is 312 g/mol. The number of hydrogen-bond acceptors (Lipinski definition) is 3. The fourth-order valence-electron chi connectivity index (χ4n) is 2.13. The molecule has 0 saturated heterocycles. The highest BCUT2D eigenvalue weighted by atomic mass is 35.5. The van der Waals surface area contributed by atoms with Gasteiger partial charge in [0.25, 0.3) is 5.91 Å². The second-order valence-electron chi connectivity index (χ2n) is 5.17. The fraction of sp³-hybridized carbons (Fsp3) is 0.111. The number of amides is 1. The number of carbonyl (C=O) groups is 1. The van der Waals surface area contributed by atoms with Crippen LogP contribution in [-0.4, -0.2) is 10.9 Å². The Kier molecular flexibility index (Phi) is 4.44. The molecule has 0 aliphatic heterocycles. The number of nitrogens with one attached hydrogen (secondary N) is 1. The highest BCUT2D eigenvalue weighted by Crippen LogP contribution is 2.26. The number of halogens is 1. The van der Waals surface area contributed by atoms with Gasteiger partial charge in [-0.1, -0.05) is 29.8 Å². The quantitative estimate of drug-likeness (QED) is 0.780. The Bertz CT molecular complexity index is 828. The molecule has 23 heavy (non-hydrogen) atoms. The van der Waals surface area contributed by atoms with Crippen LogP contribution in [-0.2, 0) is 6.54 Å². The summed E-state index contributed by atoms with van der Waals surface area (Å²) in [6.45, 7) is 2.34. The molecule has 116 valence electrons. The van der Waals surface area contributed by atoms with E-state index in [2.05, 4.69) is 10.3 Å². The number of furan rings is 1.